The summed E-state index contributed by atoms with van der Waals surface area (Å²) < 4.78 is 0. The lowest BCUT2D eigenvalue weighted by Crippen LogP contribution is -2.63. The number of nitrogens with zero attached hydrogens (tertiary/aromatic N) is 24. The highest BCUT2D eigenvalue weighted by Gasteiger charge is 2.76. The summed E-state index contributed by atoms with van der Waals surface area (Å²) >= 11 is 0. The molecule has 0 atom stereocenters. The van der Waals surface area contributed by atoms with Gasteiger partial charge in [-0.3, -0.25) is 118 Å². The van der Waals surface area contributed by atoms with Gasteiger partial charge in [0.05, 0.1) is 0 Å². The van der Waals surface area contributed by atoms with E-state index in [9.17, 15) is 0 Å². The third-order valence-corrected chi connectivity index (χ3v) is 18.8. The van der Waals surface area contributed by atoms with E-state index in [1.165, 1.54) is 118 Å². The SMILES string of the molecule is O.O.O.O.O.O.O.O.O.O.O.O.O=C1N2CN3C(=O)N4CN5C(=O)N6CN7C(=O)N8CN9C(=O)N%10CN%11C(=O)N%12CN1C1C2N2CN%13C(=O)N(CN%14C(=O)N(CN%15C(=O)N(CN%16C(=O)N(CN%17C(=O)N(CN1C2=O)C%12C%11%17)C%10C9%16)C8C7%15)C6C5%14)C4C3%13. The molecule has 0 aromatic heterocycles. The van der Waals surface area contributed by atoms with Crippen molar-refractivity contribution in [3.05, 3.63) is 0 Å². The van der Waals surface area contributed by atoms with Crippen LogP contribution >= 0.6 is 0 Å². The number of urea groups is 12. The smallest absolute Gasteiger partial charge is 0.326 e. The van der Waals surface area contributed by atoms with Gasteiger partial charge in [-0.25, -0.2) is 57.5 Å². The monoisotopic (exact) mass is 1210 g/mol. The van der Waals surface area contributed by atoms with Crippen LogP contribution in [0, 0.1) is 0 Å². The minimum Gasteiger partial charge on any atom is -0.412 e. The van der Waals surface area contributed by atoms with E-state index in [-0.39, 0.29) is 65.7 Å². The maximum atomic E-state index is 15.1. The first-order chi connectivity index (χ1) is 34.7. The fourth-order valence-electron chi connectivity index (χ4n) is 16.0. The molecule has 84 heavy (non-hydrogen) atoms. The topological polar surface area (TPSA) is 661 Å². The lowest BCUT2D eigenvalue weighted by Gasteiger charge is -2.42. The molecule has 24 N–H and O–H groups in total. The second-order valence-electron chi connectivity index (χ2n) is 21.3. The molecule has 0 aromatic rings. The first kappa shape index (κ1) is 62.4. The van der Waals surface area contributed by atoms with Gasteiger partial charge in [0.15, 0.2) is 74.0 Å². The van der Waals surface area contributed by atoms with Crippen LogP contribution in [0.5, 0.6) is 0 Å². The first-order valence-electron chi connectivity index (χ1n) is 23.6. The van der Waals surface area contributed by atoms with Gasteiger partial charge in [0.1, 0.15) is 80.0 Å². The standard InChI is InChI=1S/C36H36N24O12.12H2O/c61-25-37-1-38-14-16-42(26(38)62)4-46-18-20-50(30(46)66)8-54-22-24-58(34(54)70)11-57-23-21-53(33(57)69)7-49-19-17-45(29(49)65)3-41(25)15-13(37)39-2-40(14)28(64)44(16)6-48(18)32(68)52(20)10-56(22)36(72)60(24)12-59(23)35(71)55(21)9-51(19)31(67)47(17)5-43(15)27(39)63;;;;;;;;;;;;/h13-24H,1-12H2;12*1H2. The molecule has 468 valence electrons. The third kappa shape index (κ3) is 5.77. The molecule has 0 spiro atoms. The predicted octanol–water partition coefficient (Wildman–Crippen LogP) is -15.6. The van der Waals surface area contributed by atoms with Crippen LogP contribution in [0.2, 0.25) is 0 Å². The number of hydrogen-bond acceptors (Lipinski definition) is 12. The molecule has 0 aromatic carbocycles. The highest BCUT2D eigenvalue weighted by atomic mass is 16.3. The Balaban J connectivity index is 0.000000844. The minimum atomic E-state index is -1.16. The van der Waals surface area contributed by atoms with E-state index in [1.807, 2.05) is 0 Å². The Kier molecular flexibility index (Phi) is 13.5. The largest absolute Gasteiger partial charge is 0.412 e. The Morgan fingerprint density at radius 2 is 0.179 bits per heavy atom. The van der Waals surface area contributed by atoms with Crippen LogP contribution in [0.3, 0.4) is 0 Å². The van der Waals surface area contributed by atoms with E-state index in [0.717, 1.165) is 0 Å². The van der Waals surface area contributed by atoms with Crippen molar-refractivity contribution in [1.82, 2.24) is 118 Å². The van der Waals surface area contributed by atoms with Crippen LogP contribution in [0.25, 0.3) is 0 Å². The van der Waals surface area contributed by atoms with Gasteiger partial charge in [0.2, 0.25) is 0 Å². The quantitative estimate of drug-likeness (QED) is 0.218. The summed E-state index contributed by atoms with van der Waals surface area (Å²) in [6.45, 7) is -5.48. The van der Waals surface area contributed by atoms with Crippen LogP contribution in [-0.2, 0) is 0 Å². The summed E-state index contributed by atoms with van der Waals surface area (Å²) in [6.07, 6.45) is -13.9. The molecule has 18 fully saturated rings. The zero-order valence-electron chi connectivity index (χ0n) is 43.0. The highest BCUT2D eigenvalue weighted by Crippen LogP contribution is 2.51. The fraction of sp³-hybridized carbons (Fsp3) is 0.667. The highest BCUT2D eigenvalue weighted by molar-refractivity contribution is 5.95. The van der Waals surface area contributed by atoms with E-state index in [0.29, 0.717) is 0 Å². The van der Waals surface area contributed by atoms with Crippen molar-refractivity contribution in [1.29, 1.82) is 0 Å². The first-order valence-corrected chi connectivity index (χ1v) is 23.6. The summed E-state index contributed by atoms with van der Waals surface area (Å²) in [7, 11) is 0. The van der Waals surface area contributed by atoms with Crippen LogP contribution in [0.15, 0.2) is 0 Å². The molecule has 24 amide bonds. The number of carbonyl (C=O) groups is 12. The van der Waals surface area contributed by atoms with Crippen LogP contribution in [-0.4, -0.2) is 410 Å². The number of rotatable bonds is 0. The van der Waals surface area contributed by atoms with Gasteiger partial charge in [-0.1, -0.05) is 0 Å². The van der Waals surface area contributed by atoms with Crippen LogP contribution in [0.4, 0.5) is 57.5 Å². The molecule has 18 saturated heterocycles. The molecular weight excluding hydrogens is 1150 g/mol. The van der Waals surface area contributed by atoms with Crippen molar-refractivity contribution in [2.24, 2.45) is 0 Å². The average Bonchev–Trinajstić information content (AvgIpc) is 3.79. The number of carbonyl (C=O) groups excluding carboxylic acids is 12. The minimum absolute atomic E-state index is 0. The summed E-state index contributed by atoms with van der Waals surface area (Å²) in [4.78, 5) is 213. The maximum Gasteiger partial charge on any atom is 0.326 e. The molecule has 48 nitrogen and oxygen atoms in total. The molecule has 18 heterocycles. The molecule has 0 aliphatic carbocycles. The fourth-order valence-corrected chi connectivity index (χ4v) is 16.0. The van der Waals surface area contributed by atoms with Gasteiger partial charge in [0.25, 0.3) is 0 Å². The van der Waals surface area contributed by atoms with Crippen molar-refractivity contribution < 1.29 is 123 Å². The van der Waals surface area contributed by atoms with E-state index in [4.69, 9.17) is 0 Å². The maximum absolute atomic E-state index is 15.1. The van der Waals surface area contributed by atoms with E-state index >= 15 is 57.5 Å². The Bertz CT molecular complexity index is 2160. The zero-order chi connectivity index (χ0) is 48.2. The Morgan fingerprint density at radius 3 is 0.226 bits per heavy atom. The molecule has 0 saturated carbocycles. The van der Waals surface area contributed by atoms with E-state index in [1.54, 1.807) is 0 Å². The average molecular weight is 1210 g/mol. The number of hydrogen-bond donors (Lipinski definition) is 0. The van der Waals surface area contributed by atoms with E-state index in [2.05, 4.69) is 0 Å². The lowest BCUT2D eigenvalue weighted by atomic mass is 10.2. The zero-order valence-corrected chi connectivity index (χ0v) is 43.0. The number of amides is 24. The normalized spacial score (nSPS) is 34.6. The molecule has 0 radical (unpaired) electrons. The summed E-state index contributed by atoms with van der Waals surface area (Å²) in [5.41, 5.74) is 0. The van der Waals surface area contributed by atoms with Crippen molar-refractivity contribution in [2.45, 2.75) is 74.0 Å². The lowest BCUT2D eigenvalue weighted by molar-refractivity contribution is -0.0210. The molecule has 48 heteroatoms. The van der Waals surface area contributed by atoms with Crippen LogP contribution < -0.4 is 0 Å². The molecular formula is C36H60N24O24. The molecule has 18 aliphatic rings. The van der Waals surface area contributed by atoms with Crippen molar-refractivity contribution in [3.8, 4) is 0 Å². The molecule has 18 aliphatic heterocycles. The van der Waals surface area contributed by atoms with Gasteiger partial charge in [-0.15, -0.1) is 0 Å². The molecule has 18 rings (SSSR count). The predicted molar refractivity (Wildman–Crippen MR) is 256 cm³/mol. The Morgan fingerprint density at radius 1 is 0.131 bits per heavy atom. The summed E-state index contributed by atoms with van der Waals surface area (Å²) in [6, 6.07) is -7.90. The van der Waals surface area contributed by atoms with Gasteiger partial charge < -0.3 is 65.7 Å². The Labute approximate surface area is 466 Å². The van der Waals surface area contributed by atoms with Gasteiger partial charge in [0, 0.05) is 0 Å². The second kappa shape index (κ2) is 18.1. The van der Waals surface area contributed by atoms with Gasteiger partial charge >= 0.3 is 72.4 Å². The summed E-state index contributed by atoms with van der Waals surface area (Å²) in [5, 5.41) is 0. The van der Waals surface area contributed by atoms with Gasteiger partial charge in [-0.05, 0) is 0 Å². The third-order valence-electron chi connectivity index (χ3n) is 18.8. The second-order valence-corrected chi connectivity index (χ2v) is 21.3. The van der Waals surface area contributed by atoms with Crippen molar-refractivity contribution in [2.75, 3.05) is 80.0 Å². The molecule has 0 unspecified atom stereocenters. The molecule has 0 bridgehead atoms. The van der Waals surface area contributed by atoms with Gasteiger partial charge in [-0.2, -0.15) is 0 Å². The van der Waals surface area contributed by atoms with E-state index < -0.39 is 226 Å². The van der Waals surface area contributed by atoms with Crippen LogP contribution in [0.1, 0.15) is 0 Å². The Hall–Kier alpha value is -9.24. The van der Waals surface area contributed by atoms with Crippen molar-refractivity contribution in [3.63, 3.8) is 0 Å². The van der Waals surface area contributed by atoms with Crippen molar-refractivity contribution >= 4 is 72.4 Å². The summed E-state index contributed by atoms with van der Waals surface area (Å²) in [5.74, 6) is 0.